The summed E-state index contributed by atoms with van der Waals surface area (Å²) in [6.45, 7) is 0. The van der Waals surface area contributed by atoms with Gasteiger partial charge in [-0.05, 0) is 62.5 Å². The fourth-order valence-corrected chi connectivity index (χ4v) is 8.58. The van der Waals surface area contributed by atoms with E-state index in [2.05, 4.69) is 115 Å². The molecule has 2 nitrogen and oxygen atoms in total. The first-order chi connectivity index (χ1) is 21.3. The first-order valence-corrected chi connectivity index (χ1v) is 15.6. The van der Waals surface area contributed by atoms with E-state index < -0.39 is 0 Å². The first kappa shape index (κ1) is 23.4. The molecule has 3 heterocycles. The molecule has 1 aliphatic rings. The highest BCUT2D eigenvalue weighted by Gasteiger charge is 2.31. The molecule has 0 fully saturated rings. The smallest absolute Gasteiger partial charge is 0.139 e. The van der Waals surface area contributed by atoms with Gasteiger partial charge in [-0.2, -0.15) is 0 Å². The number of furan rings is 1. The molecule has 0 N–H and O–H groups in total. The van der Waals surface area contributed by atoms with E-state index in [1.54, 1.807) is 0 Å². The Balaban J connectivity index is 1.26. The van der Waals surface area contributed by atoms with Crippen LogP contribution in [0.1, 0.15) is 17.2 Å². The normalized spacial score (nSPS) is 14.8. The number of ether oxygens (including phenoxy) is 1. The molecule has 0 radical (unpaired) electrons. The molecule has 0 bridgehead atoms. The highest BCUT2D eigenvalue weighted by atomic mass is 32.1. The topological polar surface area (TPSA) is 22.4 Å². The summed E-state index contributed by atoms with van der Waals surface area (Å²) in [5.41, 5.74) is 6.85. The van der Waals surface area contributed by atoms with Gasteiger partial charge in [0.15, 0.2) is 0 Å². The molecule has 1 aliphatic heterocycles. The molecular weight excluding hydrogens is 545 g/mol. The average molecular weight is 569 g/mol. The molecule has 2 aromatic heterocycles. The minimum atomic E-state index is -0.101. The summed E-state index contributed by atoms with van der Waals surface area (Å²) >= 11 is 1.87. The lowest BCUT2D eigenvalue weighted by molar-refractivity contribution is 0.244. The zero-order valence-electron chi connectivity index (χ0n) is 23.1. The molecule has 10 rings (SSSR count). The van der Waals surface area contributed by atoms with E-state index in [4.69, 9.17) is 9.15 Å². The molecule has 0 saturated heterocycles. The lowest BCUT2D eigenvalue weighted by atomic mass is 9.85. The highest BCUT2D eigenvalue weighted by molar-refractivity contribution is 7.25. The molecule has 202 valence electrons. The fourth-order valence-electron chi connectivity index (χ4n) is 7.45. The third-order valence-electron chi connectivity index (χ3n) is 9.21. The van der Waals surface area contributed by atoms with Crippen molar-refractivity contribution in [1.82, 2.24) is 0 Å². The zero-order valence-corrected chi connectivity index (χ0v) is 24.0. The van der Waals surface area contributed by atoms with Crippen molar-refractivity contribution in [2.24, 2.45) is 0 Å². The minimum Gasteiger partial charge on any atom is -0.484 e. The number of benzene rings is 7. The summed E-state index contributed by atoms with van der Waals surface area (Å²) in [6, 6.07) is 45.9. The first-order valence-electron chi connectivity index (χ1n) is 14.8. The van der Waals surface area contributed by atoms with Crippen LogP contribution in [0.3, 0.4) is 0 Å². The molecule has 0 aliphatic carbocycles. The van der Waals surface area contributed by atoms with E-state index >= 15 is 0 Å². The van der Waals surface area contributed by atoms with Gasteiger partial charge in [0.2, 0.25) is 0 Å². The van der Waals surface area contributed by atoms with Crippen LogP contribution in [0.25, 0.3) is 74.8 Å². The largest absolute Gasteiger partial charge is 0.484 e. The average Bonchev–Trinajstić information content (AvgIpc) is 3.76. The van der Waals surface area contributed by atoms with E-state index in [1.165, 1.54) is 64.0 Å². The number of hydrogen-bond acceptors (Lipinski definition) is 3. The van der Waals surface area contributed by atoms with Gasteiger partial charge >= 0.3 is 0 Å². The predicted molar refractivity (Wildman–Crippen MR) is 181 cm³/mol. The van der Waals surface area contributed by atoms with Gasteiger partial charge in [0.1, 0.15) is 23.0 Å². The van der Waals surface area contributed by atoms with Gasteiger partial charge in [-0.25, -0.2) is 0 Å². The van der Waals surface area contributed by atoms with Crippen molar-refractivity contribution < 1.29 is 9.15 Å². The van der Waals surface area contributed by atoms with Gasteiger partial charge in [0, 0.05) is 37.5 Å². The second-order valence-electron chi connectivity index (χ2n) is 11.5. The number of fused-ring (bicyclic) bond motifs is 10. The van der Waals surface area contributed by atoms with Gasteiger partial charge in [-0.3, -0.25) is 0 Å². The van der Waals surface area contributed by atoms with Crippen molar-refractivity contribution in [3.63, 3.8) is 0 Å². The summed E-state index contributed by atoms with van der Waals surface area (Å²) in [5.74, 6) is 0.958. The predicted octanol–water partition coefficient (Wildman–Crippen LogP) is 11.6. The molecular formula is C40H24O2S. The Morgan fingerprint density at radius 1 is 0.512 bits per heavy atom. The third-order valence-corrected chi connectivity index (χ3v) is 10.3. The van der Waals surface area contributed by atoms with E-state index in [1.807, 2.05) is 23.5 Å². The molecule has 0 spiro atoms. The summed E-state index contributed by atoms with van der Waals surface area (Å²) in [6.07, 6.45) is 0.721. The van der Waals surface area contributed by atoms with Crippen LogP contribution in [0.2, 0.25) is 0 Å². The Kier molecular flexibility index (Phi) is 4.74. The molecule has 1 unspecified atom stereocenters. The number of para-hydroxylation sites is 1. The Bertz CT molecular complexity index is 2530. The zero-order chi connectivity index (χ0) is 28.1. The SMILES string of the molecule is c1ccc2c(c1)oc1ccc3c(c12)OC(c1c2ccccc2c(-c2cccc4sc5ccccc5c24)c2ccccc12)C3. The molecule has 9 aromatic rings. The van der Waals surface area contributed by atoms with E-state index in [0.29, 0.717) is 0 Å². The van der Waals surface area contributed by atoms with E-state index in [0.717, 1.165) is 34.1 Å². The molecule has 0 saturated carbocycles. The highest BCUT2D eigenvalue weighted by Crippen LogP contribution is 2.51. The maximum absolute atomic E-state index is 6.99. The second kappa shape index (κ2) is 8.70. The maximum atomic E-state index is 6.99. The number of rotatable bonds is 2. The van der Waals surface area contributed by atoms with Crippen molar-refractivity contribution >= 4 is 75.0 Å². The molecule has 1 atom stereocenters. The summed E-state index contributed by atoms with van der Waals surface area (Å²) in [7, 11) is 0. The Hall–Kier alpha value is -5.12. The van der Waals surface area contributed by atoms with Crippen molar-refractivity contribution in [1.29, 1.82) is 0 Å². The Morgan fingerprint density at radius 2 is 1.16 bits per heavy atom. The summed E-state index contributed by atoms with van der Waals surface area (Å²) < 4.78 is 15.8. The van der Waals surface area contributed by atoms with Gasteiger partial charge in [-0.1, -0.05) is 103 Å². The quantitative estimate of drug-likeness (QED) is 0.194. The van der Waals surface area contributed by atoms with Gasteiger partial charge in [-0.15, -0.1) is 11.3 Å². The number of hydrogen-bond donors (Lipinski definition) is 0. The van der Waals surface area contributed by atoms with Crippen LogP contribution in [0.15, 0.2) is 132 Å². The van der Waals surface area contributed by atoms with E-state index in [-0.39, 0.29) is 6.10 Å². The summed E-state index contributed by atoms with van der Waals surface area (Å²) in [5, 5.41) is 9.87. The van der Waals surface area contributed by atoms with Gasteiger partial charge < -0.3 is 9.15 Å². The minimum absolute atomic E-state index is 0.101. The monoisotopic (exact) mass is 568 g/mol. The van der Waals surface area contributed by atoms with Crippen LogP contribution in [0, 0.1) is 0 Å². The third kappa shape index (κ3) is 3.23. The van der Waals surface area contributed by atoms with Crippen LogP contribution >= 0.6 is 11.3 Å². The van der Waals surface area contributed by atoms with Crippen molar-refractivity contribution in [2.45, 2.75) is 12.5 Å². The molecule has 0 amide bonds. The fraction of sp³-hybridized carbons (Fsp3) is 0.0500. The molecule has 3 heteroatoms. The maximum Gasteiger partial charge on any atom is 0.139 e. The van der Waals surface area contributed by atoms with Crippen LogP contribution < -0.4 is 4.74 Å². The second-order valence-corrected chi connectivity index (χ2v) is 12.6. The Morgan fingerprint density at radius 3 is 1.95 bits per heavy atom. The van der Waals surface area contributed by atoms with Crippen molar-refractivity contribution in [2.75, 3.05) is 0 Å². The van der Waals surface area contributed by atoms with Crippen LogP contribution in [0.5, 0.6) is 5.75 Å². The molecule has 7 aromatic carbocycles. The Labute approximate surface area is 251 Å². The molecule has 43 heavy (non-hydrogen) atoms. The standard InChI is InChI=1S/C40H24O2S/c1-3-12-26-24(10-1)36(30-16-9-19-35-38(30)29-15-6-8-18-34(29)43-35)25-11-2-4-13-27(25)37(26)33-22-23-20-21-32-39(40(23)42-33)28-14-5-7-17-31(28)41-32/h1-21,33H,22H2. The van der Waals surface area contributed by atoms with Crippen LogP contribution in [0.4, 0.5) is 0 Å². The van der Waals surface area contributed by atoms with E-state index in [9.17, 15) is 0 Å². The van der Waals surface area contributed by atoms with Crippen LogP contribution in [-0.4, -0.2) is 0 Å². The van der Waals surface area contributed by atoms with Gasteiger partial charge in [0.05, 0.1) is 5.39 Å². The lowest BCUT2D eigenvalue weighted by Crippen LogP contribution is -2.06. The van der Waals surface area contributed by atoms with Crippen molar-refractivity contribution in [3.8, 4) is 16.9 Å². The van der Waals surface area contributed by atoms with Crippen molar-refractivity contribution in [3.05, 3.63) is 139 Å². The van der Waals surface area contributed by atoms with Gasteiger partial charge in [0.25, 0.3) is 0 Å². The number of thiophene rings is 1. The lowest BCUT2D eigenvalue weighted by Gasteiger charge is -2.21. The van der Waals surface area contributed by atoms with Crippen LogP contribution in [-0.2, 0) is 6.42 Å². The summed E-state index contributed by atoms with van der Waals surface area (Å²) in [4.78, 5) is 0.